The predicted octanol–water partition coefficient (Wildman–Crippen LogP) is 4.09. The molecule has 38 heavy (non-hydrogen) atoms. The molecule has 0 bridgehead atoms. The number of aliphatic hydroxyl groups is 1. The number of anilines is 2. The number of aromatic nitrogens is 1. The molecule has 2 aliphatic rings. The number of piperazine rings is 1. The molecule has 2 aliphatic heterocycles. The number of hydrogen-bond donors (Lipinski definition) is 1. The summed E-state index contributed by atoms with van der Waals surface area (Å²) in [5.41, 5.74) is 4.36. The third-order valence-corrected chi connectivity index (χ3v) is 7.44. The molecule has 1 unspecified atom stereocenters. The van der Waals surface area contributed by atoms with Crippen LogP contribution >= 0.6 is 0 Å². The number of hydrogen-bond acceptors (Lipinski definition) is 7. The molecule has 1 atom stereocenters. The topological polar surface area (TPSA) is 86.2 Å². The maximum atomic E-state index is 13.5. The normalized spacial score (nSPS) is 19.7. The van der Waals surface area contributed by atoms with Crippen molar-refractivity contribution in [3.8, 4) is 5.75 Å². The van der Waals surface area contributed by atoms with Crippen molar-refractivity contribution in [2.45, 2.75) is 19.9 Å². The average Bonchev–Trinajstić information content (AvgIpc) is 3.20. The van der Waals surface area contributed by atoms with Gasteiger partial charge in [-0.25, -0.2) is 0 Å². The van der Waals surface area contributed by atoms with E-state index in [9.17, 15) is 14.7 Å². The Hall–Kier alpha value is -4.17. The summed E-state index contributed by atoms with van der Waals surface area (Å²) in [4.78, 5) is 37.3. The van der Waals surface area contributed by atoms with E-state index in [4.69, 9.17) is 4.74 Å². The van der Waals surface area contributed by atoms with Crippen molar-refractivity contribution in [3.63, 3.8) is 0 Å². The third kappa shape index (κ3) is 4.52. The molecule has 3 aromatic rings. The zero-order chi connectivity index (χ0) is 27.0. The van der Waals surface area contributed by atoms with Crippen LogP contribution in [0.1, 0.15) is 28.3 Å². The highest BCUT2D eigenvalue weighted by atomic mass is 16.5. The van der Waals surface area contributed by atoms with Crippen LogP contribution in [0.5, 0.6) is 5.75 Å². The van der Waals surface area contributed by atoms with Gasteiger partial charge in [0, 0.05) is 55.5 Å². The number of aliphatic hydroxyl groups excluding tert-OH is 1. The standard InChI is InChI=1S/C30H32N4O4/c1-19-17-25(38-4)20(2)16-24(19)28(35)26-27(21-6-5-11-31-18-21)34(30(37)29(26)36)23-9-7-22(8-10-23)33-14-12-32(3)13-15-33/h5-11,16-18,27,35H,12-15H2,1-4H3/b28-26+. The summed E-state index contributed by atoms with van der Waals surface area (Å²) >= 11 is 0. The Balaban J connectivity index is 1.59. The van der Waals surface area contributed by atoms with Gasteiger partial charge in [-0.2, -0.15) is 0 Å². The Morgan fingerprint density at radius 2 is 1.66 bits per heavy atom. The Labute approximate surface area is 222 Å². The highest BCUT2D eigenvalue weighted by molar-refractivity contribution is 6.51. The van der Waals surface area contributed by atoms with Gasteiger partial charge in [0.15, 0.2) is 0 Å². The fourth-order valence-corrected chi connectivity index (χ4v) is 5.25. The lowest BCUT2D eigenvalue weighted by molar-refractivity contribution is -0.132. The first-order valence-corrected chi connectivity index (χ1v) is 12.7. The average molecular weight is 513 g/mol. The van der Waals surface area contributed by atoms with E-state index in [0.717, 1.165) is 43.0 Å². The fourth-order valence-electron chi connectivity index (χ4n) is 5.25. The predicted molar refractivity (Wildman–Crippen MR) is 148 cm³/mol. The largest absolute Gasteiger partial charge is 0.507 e. The number of pyridine rings is 1. The molecule has 1 N–H and O–H groups in total. The Morgan fingerprint density at radius 1 is 0.974 bits per heavy atom. The number of rotatable bonds is 5. The molecule has 3 heterocycles. The molecule has 2 saturated heterocycles. The number of ether oxygens (including phenoxy) is 1. The van der Waals surface area contributed by atoms with Gasteiger partial charge >= 0.3 is 0 Å². The molecule has 2 fully saturated rings. The minimum atomic E-state index is -0.819. The number of aryl methyl sites for hydroxylation is 2. The number of ketones is 1. The van der Waals surface area contributed by atoms with Crippen molar-refractivity contribution in [1.29, 1.82) is 0 Å². The van der Waals surface area contributed by atoms with Gasteiger partial charge in [0.25, 0.3) is 11.7 Å². The van der Waals surface area contributed by atoms with Gasteiger partial charge in [0.05, 0.1) is 18.7 Å². The van der Waals surface area contributed by atoms with Crippen LogP contribution in [-0.2, 0) is 9.59 Å². The van der Waals surface area contributed by atoms with Gasteiger partial charge < -0.3 is 19.6 Å². The highest BCUT2D eigenvalue weighted by Gasteiger charge is 2.47. The SMILES string of the molecule is COc1cc(C)c(/C(O)=C2\C(=O)C(=O)N(c3ccc(N4CCN(C)CC4)cc3)C2c2cccnc2)cc1C. The van der Waals surface area contributed by atoms with Crippen molar-refractivity contribution in [2.24, 2.45) is 0 Å². The van der Waals surface area contributed by atoms with Crippen molar-refractivity contribution in [3.05, 3.63) is 88.8 Å². The second kappa shape index (κ2) is 10.3. The lowest BCUT2D eigenvalue weighted by Gasteiger charge is -2.34. The minimum Gasteiger partial charge on any atom is -0.507 e. The minimum absolute atomic E-state index is 0.0406. The summed E-state index contributed by atoms with van der Waals surface area (Å²) in [6, 6.07) is 14.0. The molecule has 8 heteroatoms. The molecule has 8 nitrogen and oxygen atoms in total. The molecular formula is C30H32N4O4. The maximum absolute atomic E-state index is 13.5. The zero-order valence-electron chi connectivity index (χ0n) is 22.1. The van der Waals surface area contributed by atoms with E-state index in [1.165, 1.54) is 4.90 Å². The molecule has 0 aliphatic carbocycles. The van der Waals surface area contributed by atoms with Gasteiger partial charge in [0.1, 0.15) is 11.5 Å². The number of carbonyl (C=O) groups excluding carboxylic acids is 2. The van der Waals surface area contributed by atoms with Gasteiger partial charge in [0.2, 0.25) is 0 Å². The molecule has 0 saturated carbocycles. The van der Waals surface area contributed by atoms with Crippen LogP contribution in [0, 0.1) is 13.8 Å². The first kappa shape index (κ1) is 25.5. The van der Waals surface area contributed by atoms with Crippen LogP contribution < -0.4 is 14.5 Å². The van der Waals surface area contributed by atoms with E-state index in [0.29, 0.717) is 22.6 Å². The van der Waals surface area contributed by atoms with Crippen LogP contribution in [0.3, 0.4) is 0 Å². The molecule has 196 valence electrons. The quantitative estimate of drug-likeness (QED) is 0.313. The molecular weight excluding hydrogens is 480 g/mol. The molecule has 0 radical (unpaired) electrons. The molecule has 2 aromatic carbocycles. The summed E-state index contributed by atoms with van der Waals surface area (Å²) < 4.78 is 5.41. The van der Waals surface area contributed by atoms with Crippen LogP contribution in [0.4, 0.5) is 11.4 Å². The first-order valence-electron chi connectivity index (χ1n) is 12.7. The maximum Gasteiger partial charge on any atom is 0.300 e. The summed E-state index contributed by atoms with van der Waals surface area (Å²) in [6.45, 7) is 7.54. The van der Waals surface area contributed by atoms with Gasteiger partial charge in [-0.05, 0) is 80.1 Å². The Morgan fingerprint density at radius 3 is 2.29 bits per heavy atom. The number of methoxy groups -OCH3 is 1. The second-order valence-electron chi connectivity index (χ2n) is 9.90. The molecule has 1 amide bonds. The number of nitrogens with zero attached hydrogens (tertiary/aromatic N) is 4. The monoisotopic (exact) mass is 512 g/mol. The fraction of sp³-hybridized carbons (Fsp3) is 0.300. The van der Waals surface area contributed by atoms with Gasteiger partial charge in [-0.15, -0.1) is 0 Å². The summed E-state index contributed by atoms with van der Waals surface area (Å²) in [5, 5.41) is 11.5. The lowest BCUT2D eigenvalue weighted by atomic mass is 9.93. The Kier molecular flexibility index (Phi) is 6.91. The second-order valence-corrected chi connectivity index (χ2v) is 9.90. The van der Waals surface area contributed by atoms with E-state index < -0.39 is 17.7 Å². The van der Waals surface area contributed by atoms with E-state index >= 15 is 0 Å². The summed E-state index contributed by atoms with van der Waals surface area (Å²) in [5.74, 6) is -0.941. The van der Waals surface area contributed by atoms with Crippen molar-refractivity contribution in [2.75, 3.05) is 50.1 Å². The number of benzene rings is 2. The van der Waals surface area contributed by atoms with Gasteiger partial charge in [-0.3, -0.25) is 19.5 Å². The van der Waals surface area contributed by atoms with Crippen LogP contribution in [0.15, 0.2) is 66.5 Å². The molecule has 5 rings (SSSR count). The summed E-state index contributed by atoms with van der Waals surface area (Å²) in [7, 11) is 3.70. The Bertz CT molecular complexity index is 1390. The number of amides is 1. The van der Waals surface area contributed by atoms with Crippen LogP contribution in [-0.4, -0.2) is 67.0 Å². The highest BCUT2D eigenvalue weighted by Crippen LogP contribution is 2.43. The van der Waals surface area contributed by atoms with Gasteiger partial charge in [-0.1, -0.05) is 6.07 Å². The zero-order valence-corrected chi connectivity index (χ0v) is 22.1. The van der Waals surface area contributed by atoms with Crippen molar-refractivity contribution >= 4 is 28.8 Å². The van der Waals surface area contributed by atoms with Crippen molar-refractivity contribution < 1.29 is 19.4 Å². The van der Waals surface area contributed by atoms with E-state index in [1.807, 2.05) is 50.2 Å². The summed E-state index contributed by atoms with van der Waals surface area (Å²) in [6.07, 6.45) is 3.26. The number of carbonyl (C=O) groups is 2. The third-order valence-electron chi connectivity index (χ3n) is 7.44. The van der Waals surface area contributed by atoms with E-state index in [2.05, 4.69) is 21.8 Å². The van der Waals surface area contributed by atoms with Crippen molar-refractivity contribution in [1.82, 2.24) is 9.88 Å². The lowest BCUT2D eigenvalue weighted by Crippen LogP contribution is -2.44. The van der Waals surface area contributed by atoms with Crippen LogP contribution in [0.2, 0.25) is 0 Å². The number of Topliss-reactive ketones (excluding diaryl/α,β-unsaturated/α-hetero) is 1. The van der Waals surface area contributed by atoms with E-state index in [-0.39, 0.29) is 11.3 Å². The van der Waals surface area contributed by atoms with E-state index in [1.54, 1.807) is 31.6 Å². The molecule has 0 spiro atoms. The number of likely N-dealkylation sites (N-methyl/N-ethyl adjacent to an activating group) is 1. The molecule has 1 aromatic heterocycles. The van der Waals surface area contributed by atoms with Crippen LogP contribution in [0.25, 0.3) is 5.76 Å². The smallest absolute Gasteiger partial charge is 0.300 e. The first-order chi connectivity index (χ1) is 18.3.